The Morgan fingerprint density at radius 1 is 1.46 bits per heavy atom. The SMILES string of the molecule is COC(=O)C1=C(Nc2c(F)cccc2OCC2CCCO2)C(=O)N(CCO)C1. The van der Waals surface area contributed by atoms with Crippen molar-refractivity contribution in [2.45, 2.75) is 18.9 Å². The number of carbonyl (C=O) groups is 2. The van der Waals surface area contributed by atoms with Gasteiger partial charge in [-0.3, -0.25) is 4.79 Å². The number of aliphatic hydroxyl groups is 1. The summed E-state index contributed by atoms with van der Waals surface area (Å²) >= 11 is 0. The highest BCUT2D eigenvalue weighted by molar-refractivity contribution is 6.08. The molecule has 3 rings (SSSR count). The number of carbonyl (C=O) groups excluding carboxylic acids is 2. The summed E-state index contributed by atoms with van der Waals surface area (Å²) in [5, 5.41) is 11.8. The predicted molar refractivity (Wildman–Crippen MR) is 97.2 cm³/mol. The van der Waals surface area contributed by atoms with E-state index in [2.05, 4.69) is 5.32 Å². The Bertz CT molecular complexity index is 776. The molecule has 28 heavy (non-hydrogen) atoms. The van der Waals surface area contributed by atoms with Crippen molar-refractivity contribution in [3.8, 4) is 5.75 Å². The maximum Gasteiger partial charge on any atom is 0.337 e. The highest BCUT2D eigenvalue weighted by atomic mass is 19.1. The number of amides is 1. The molecule has 1 unspecified atom stereocenters. The van der Waals surface area contributed by atoms with E-state index in [1.165, 1.54) is 24.1 Å². The van der Waals surface area contributed by atoms with E-state index in [-0.39, 0.29) is 55.1 Å². The van der Waals surface area contributed by atoms with Crippen molar-refractivity contribution in [1.29, 1.82) is 0 Å². The first-order chi connectivity index (χ1) is 13.5. The minimum atomic E-state index is -0.700. The quantitative estimate of drug-likeness (QED) is 0.636. The lowest BCUT2D eigenvalue weighted by atomic mass is 10.2. The Morgan fingerprint density at radius 3 is 2.96 bits per heavy atom. The summed E-state index contributed by atoms with van der Waals surface area (Å²) in [4.78, 5) is 26.0. The smallest absolute Gasteiger partial charge is 0.337 e. The first kappa shape index (κ1) is 20.1. The van der Waals surface area contributed by atoms with Gasteiger partial charge in [0.15, 0.2) is 0 Å². The number of nitrogens with one attached hydrogen (secondary N) is 1. The van der Waals surface area contributed by atoms with Crippen molar-refractivity contribution in [3.05, 3.63) is 35.3 Å². The summed E-state index contributed by atoms with van der Waals surface area (Å²) < 4.78 is 30.5. The Kier molecular flexibility index (Phi) is 6.48. The monoisotopic (exact) mass is 394 g/mol. The third-order valence-electron chi connectivity index (χ3n) is 4.63. The first-order valence-electron chi connectivity index (χ1n) is 9.06. The Hall–Kier alpha value is -2.65. The molecule has 0 spiro atoms. The van der Waals surface area contributed by atoms with Gasteiger partial charge in [0.05, 0.1) is 31.9 Å². The number of halogens is 1. The van der Waals surface area contributed by atoms with E-state index < -0.39 is 17.7 Å². The Labute approximate surface area is 161 Å². The van der Waals surface area contributed by atoms with Crippen LogP contribution in [0.5, 0.6) is 5.75 Å². The van der Waals surface area contributed by atoms with E-state index in [1.54, 1.807) is 6.07 Å². The normalized spacial score (nSPS) is 19.3. The number of aliphatic hydroxyl groups excluding tert-OH is 1. The van der Waals surface area contributed by atoms with Gasteiger partial charge in [0, 0.05) is 13.2 Å². The molecule has 8 nitrogen and oxygen atoms in total. The standard InChI is InChI=1S/C19H23FN2O6/c1-26-19(25)13-10-22(7-8-23)18(24)16(13)21-17-14(20)5-2-6-15(17)28-11-12-4-3-9-27-12/h2,5-6,12,21,23H,3-4,7-11H2,1H3. The summed E-state index contributed by atoms with van der Waals surface area (Å²) in [6, 6.07) is 4.30. The largest absolute Gasteiger partial charge is 0.489 e. The lowest BCUT2D eigenvalue weighted by Crippen LogP contribution is -2.31. The van der Waals surface area contributed by atoms with Gasteiger partial charge in [-0.15, -0.1) is 0 Å². The number of esters is 1. The van der Waals surface area contributed by atoms with Crippen molar-refractivity contribution in [3.63, 3.8) is 0 Å². The van der Waals surface area contributed by atoms with Crippen molar-refractivity contribution >= 4 is 17.6 Å². The third-order valence-corrected chi connectivity index (χ3v) is 4.63. The molecule has 1 amide bonds. The number of β-amino-alcohol motifs (C(OH)–C–C–N with tert-alkyl or cyclic N) is 1. The summed E-state index contributed by atoms with van der Waals surface area (Å²) in [5.41, 5.74) is -0.0715. The van der Waals surface area contributed by atoms with Gasteiger partial charge in [0.2, 0.25) is 0 Å². The molecule has 1 atom stereocenters. The van der Waals surface area contributed by atoms with Gasteiger partial charge >= 0.3 is 5.97 Å². The highest BCUT2D eigenvalue weighted by Gasteiger charge is 2.35. The summed E-state index contributed by atoms with van der Waals surface area (Å²) in [7, 11) is 1.20. The van der Waals surface area contributed by atoms with Gasteiger partial charge in [-0.05, 0) is 25.0 Å². The zero-order valence-corrected chi connectivity index (χ0v) is 15.6. The molecule has 2 aliphatic rings. The molecule has 152 valence electrons. The molecule has 1 aromatic carbocycles. The number of benzene rings is 1. The van der Waals surface area contributed by atoms with Gasteiger partial charge in [0.25, 0.3) is 5.91 Å². The number of anilines is 1. The van der Waals surface area contributed by atoms with Crippen LogP contribution in [0.4, 0.5) is 10.1 Å². The first-order valence-corrected chi connectivity index (χ1v) is 9.06. The maximum absolute atomic E-state index is 14.5. The van der Waals surface area contributed by atoms with Crippen LogP contribution in [0.2, 0.25) is 0 Å². The van der Waals surface area contributed by atoms with Crippen LogP contribution < -0.4 is 10.1 Å². The molecule has 0 bridgehead atoms. The van der Waals surface area contributed by atoms with Crippen molar-refractivity contribution < 1.29 is 33.3 Å². The number of hydrogen-bond acceptors (Lipinski definition) is 7. The minimum absolute atomic E-state index is 0.0328. The molecule has 2 N–H and O–H groups in total. The molecular weight excluding hydrogens is 371 g/mol. The van der Waals surface area contributed by atoms with Crippen LogP contribution in [0, 0.1) is 5.82 Å². The zero-order chi connectivity index (χ0) is 20.1. The molecule has 1 saturated heterocycles. The summed E-state index contributed by atoms with van der Waals surface area (Å²) in [5.74, 6) is -1.65. The van der Waals surface area contributed by atoms with Crippen LogP contribution >= 0.6 is 0 Å². The lowest BCUT2D eigenvalue weighted by Gasteiger charge is -2.18. The number of hydrogen-bond donors (Lipinski definition) is 2. The van der Waals surface area contributed by atoms with Gasteiger partial charge in [-0.25, -0.2) is 9.18 Å². The molecule has 9 heteroatoms. The van der Waals surface area contributed by atoms with Crippen LogP contribution in [0.1, 0.15) is 12.8 Å². The number of nitrogens with zero attached hydrogens (tertiary/aromatic N) is 1. The topological polar surface area (TPSA) is 97.3 Å². The van der Waals surface area contributed by atoms with E-state index in [4.69, 9.17) is 19.3 Å². The molecular formula is C19H23FN2O6. The van der Waals surface area contributed by atoms with Crippen LogP contribution in [0.15, 0.2) is 29.5 Å². The Morgan fingerprint density at radius 2 is 2.29 bits per heavy atom. The molecule has 2 aliphatic heterocycles. The van der Waals surface area contributed by atoms with Crippen molar-refractivity contribution in [2.75, 3.05) is 45.3 Å². The fourth-order valence-electron chi connectivity index (χ4n) is 3.18. The molecule has 0 saturated carbocycles. The summed E-state index contributed by atoms with van der Waals surface area (Å²) in [6.07, 6.45) is 1.76. The van der Waals surface area contributed by atoms with Crippen LogP contribution in [-0.2, 0) is 19.1 Å². The molecule has 1 fully saturated rings. The van der Waals surface area contributed by atoms with Crippen LogP contribution in [-0.4, -0.2) is 68.0 Å². The third kappa shape index (κ3) is 4.26. The second-order valence-corrected chi connectivity index (χ2v) is 6.48. The highest BCUT2D eigenvalue weighted by Crippen LogP contribution is 2.32. The van der Waals surface area contributed by atoms with Gasteiger partial charge in [-0.1, -0.05) is 6.07 Å². The number of methoxy groups -OCH3 is 1. The zero-order valence-electron chi connectivity index (χ0n) is 15.6. The van der Waals surface area contributed by atoms with Gasteiger partial charge < -0.3 is 29.5 Å². The average Bonchev–Trinajstić information content (AvgIpc) is 3.31. The Balaban J connectivity index is 1.85. The molecule has 1 aromatic rings. The van der Waals surface area contributed by atoms with Crippen LogP contribution in [0.3, 0.4) is 0 Å². The number of rotatable bonds is 8. The number of ether oxygens (including phenoxy) is 3. The fourth-order valence-corrected chi connectivity index (χ4v) is 3.18. The van der Waals surface area contributed by atoms with E-state index in [1.807, 2.05) is 0 Å². The lowest BCUT2D eigenvalue weighted by molar-refractivity contribution is -0.136. The van der Waals surface area contributed by atoms with E-state index in [9.17, 15) is 14.0 Å². The molecule has 0 aliphatic carbocycles. The predicted octanol–water partition coefficient (Wildman–Crippen LogP) is 1.06. The van der Waals surface area contributed by atoms with E-state index in [0.717, 1.165) is 12.8 Å². The van der Waals surface area contributed by atoms with Crippen molar-refractivity contribution in [2.24, 2.45) is 0 Å². The molecule has 2 heterocycles. The van der Waals surface area contributed by atoms with Gasteiger partial charge in [-0.2, -0.15) is 0 Å². The average molecular weight is 394 g/mol. The van der Waals surface area contributed by atoms with E-state index >= 15 is 0 Å². The fraction of sp³-hybridized carbons (Fsp3) is 0.474. The van der Waals surface area contributed by atoms with E-state index in [0.29, 0.717) is 6.61 Å². The number of para-hydroxylation sites is 1. The van der Waals surface area contributed by atoms with Crippen molar-refractivity contribution in [1.82, 2.24) is 4.90 Å². The second-order valence-electron chi connectivity index (χ2n) is 6.48. The second kappa shape index (κ2) is 9.03. The minimum Gasteiger partial charge on any atom is -0.489 e. The molecule has 0 aromatic heterocycles. The summed E-state index contributed by atoms with van der Waals surface area (Å²) in [6.45, 7) is 0.681. The maximum atomic E-state index is 14.5. The van der Waals surface area contributed by atoms with Gasteiger partial charge in [0.1, 0.15) is 29.6 Å². The van der Waals surface area contributed by atoms with Crippen LogP contribution in [0.25, 0.3) is 0 Å². The molecule has 0 radical (unpaired) electrons.